The summed E-state index contributed by atoms with van der Waals surface area (Å²) in [5, 5.41) is 4.59. The lowest BCUT2D eigenvalue weighted by molar-refractivity contribution is -0.119. The van der Waals surface area contributed by atoms with Gasteiger partial charge in [-0.2, -0.15) is 0 Å². The number of rotatable bonds is 4. The summed E-state index contributed by atoms with van der Waals surface area (Å²) in [6.45, 7) is 0.243. The topological polar surface area (TPSA) is 71.3 Å². The fourth-order valence-electron chi connectivity index (χ4n) is 0.900. The smallest absolute Gasteiger partial charge is 0.321 e. The van der Waals surface area contributed by atoms with Crippen LogP contribution in [0.15, 0.2) is 22.8 Å². The molecule has 0 saturated heterocycles. The molecule has 82 valence electrons. The second-order valence-electron chi connectivity index (χ2n) is 2.75. The van der Waals surface area contributed by atoms with E-state index in [9.17, 15) is 9.59 Å². The number of alkyl halides is 1. The van der Waals surface area contributed by atoms with Gasteiger partial charge >= 0.3 is 6.03 Å². The minimum absolute atomic E-state index is 0.121. The van der Waals surface area contributed by atoms with Gasteiger partial charge in [-0.15, -0.1) is 11.6 Å². The molecular formula is C9H11ClN2O3. The molecule has 5 nitrogen and oxygen atoms in total. The SMILES string of the molecule is O=C(CCCl)NC(=O)NCc1ccco1. The molecule has 6 heteroatoms. The van der Waals surface area contributed by atoms with E-state index in [1.165, 1.54) is 6.26 Å². The predicted molar refractivity (Wildman–Crippen MR) is 54.4 cm³/mol. The summed E-state index contributed by atoms with van der Waals surface area (Å²) < 4.78 is 4.99. The monoisotopic (exact) mass is 230 g/mol. The molecule has 0 saturated carbocycles. The van der Waals surface area contributed by atoms with Crippen molar-refractivity contribution in [3.05, 3.63) is 24.2 Å². The first-order valence-corrected chi connectivity index (χ1v) is 4.92. The third-order valence-corrected chi connectivity index (χ3v) is 1.77. The van der Waals surface area contributed by atoms with Crippen molar-refractivity contribution < 1.29 is 14.0 Å². The number of amides is 3. The summed E-state index contributed by atoms with van der Waals surface area (Å²) >= 11 is 5.33. The zero-order valence-corrected chi connectivity index (χ0v) is 8.71. The average Bonchev–Trinajstić information content (AvgIpc) is 2.67. The minimum atomic E-state index is -0.554. The second-order valence-corrected chi connectivity index (χ2v) is 3.13. The zero-order chi connectivity index (χ0) is 11.1. The molecule has 0 fully saturated rings. The van der Waals surface area contributed by atoms with Gasteiger partial charge in [0.25, 0.3) is 0 Å². The molecule has 0 aromatic carbocycles. The van der Waals surface area contributed by atoms with Crippen LogP contribution in [0.4, 0.5) is 4.79 Å². The normalized spacial score (nSPS) is 9.67. The lowest BCUT2D eigenvalue weighted by Gasteiger charge is -2.03. The van der Waals surface area contributed by atoms with E-state index in [0.717, 1.165) is 0 Å². The molecular weight excluding hydrogens is 220 g/mol. The number of nitrogens with one attached hydrogen (secondary N) is 2. The van der Waals surface area contributed by atoms with E-state index in [4.69, 9.17) is 16.0 Å². The summed E-state index contributed by atoms with van der Waals surface area (Å²) in [6.07, 6.45) is 1.63. The predicted octanol–water partition coefficient (Wildman–Crippen LogP) is 1.23. The van der Waals surface area contributed by atoms with E-state index in [1.807, 2.05) is 0 Å². The Kier molecular flexibility index (Phi) is 4.70. The van der Waals surface area contributed by atoms with Crippen LogP contribution in [-0.4, -0.2) is 17.8 Å². The van der Waals surface area contributed by atoms with Gasteiger partial charge in [0, 0.05) is 12.3 Å². The van der Waals surface area contributed by atoms with E-state index in [1.54, 1.807) is 12.1 Å². The van der Waals surface area contributed by atoms with Crippen LogP contribution in [-0.2, 0) is 11.3 Å². The lowest BCUT2D eigenvalue weighted by atomic mass is 10.4. The fraction of sp³-hybridized carbons (Fsp3) is 0.333. The molecule has 0 radical (unpaired) electrons. The van der Waals surface area contributed by atoms with Crippen molar-refractivity contribution in [3.8, 4) is 0 Å². The number of carbonyl (C=O) groups is 2. The van der Waals surface area contributed by atoms with Crippen molar-refractivity contribution in [1.29, 1.82) is 0 Å². The largest absolute Gasteiger partial charge is 0.467 e. The maximum atomic E-state index is 11.1. The molecule has 3 amide bonds. The molecule has 0 aliphatic rings. The molecule has 0 spiro atoms. The molecule has 15 heavy (non-hydrogen) atoms. The Labute approximate surface area is 91.8 Å². The summed E-state index contributed by atoms with van der Waals surface area (Å²) in [5.41, 5.74) is 0. The Morgan fingerprint density at radius 1 is 1.47 bits per heavy atom. The van der Waals surface area contributed by atoms with Crippen LogP contribution in [0, 0.1) is 0 Å². The maximum absolute atomic E-state index is 11.1. The summed E-state index contributed by atoms with van der Waals surface area (Å²) in [5.74, 6) is 0.411. The maximum Gasteiger partial charge on any atom is 0.321 e. The highest BCUT2D eigenvalue weighted by Crippen LogP contribution is 1.98. The summed E-state index contributed by atoms with van der Waals surface area (Å²) in [6, 6.07) is 2.88. The van der Waals surface area contributed by atoms with E-state index < -0.39 is 11.9 Å². The summed E-state index contributed by atoms with van der Waals surface area (Å²) in [7, 11) is 0. The molecule has 1 aromatic heterocycles. The Balaban J connectivity index is 2.22. The molecule has 0 unspecified atom stereocenters. The van der Waals surface area contributed by atoms with Crippen LogP contribution >= 0.6 is 11.6 Å². The van der Waals surface area contributed by atoms with E-state index in [2.05, 4.69) is 10.6 Å². The molecule has 0 bridgehead atoms. The highest BCUT2D eigenvalue weighted by molar-refractivity contribution is 6.19. The van der Waals surface area contributed by atoms with Gasteiger partial charge in [0.1, 0.15) is 5.76 Å². The molecule has 2 N–H and O–H groups in total. The number of carbonyl (C=O) groups excluding carboxylic acids is 2. The van der Waals surface area contributed by atoms with E-state index in [0.29, 0.717) is 5.76 Å². The Bertz CT molecular complexity index is 324. The summed E-state index contributed by atoms with van der Waals surface area (Å²) in [4.78, 5) is 22.0. The van der Waals surface area contributed by atoms with Crippen molar-refractivity contribution in [3.63, 3.8) is 0 Å². The van der Waals surface area contributed by atoms with Crippen molar-refractivity contribution in [2.45, 2.75) is 13.0 Å². The van der Waals surface area contributed by atoms with Crippen LogP contribution in [0.25, 0.3) is 0 Å². The van der Waals surface area contributed by atoms with Gasteiger partial charge in [0.2, 0.25) is 5.91 Å². The first-order chi connectivity index (χ1) is 7.22. The van der Waals surface area contributed by atoms with Gasteiger partial charge in [0.05, 0.1) is 12.8 Å². The number of imide groups is 1. The lowest BCUT2D eigenvalue weighted by Crippen LogP contribution is -2.39. The highest BCUT2D eigenvalue weighted by atomic mass is 35.5. The van der Waals surface area contributed by atoms with Crippen LogP contribution in [0.3, 0.4) is 0 Å². The number of urea groups is 1. The van der Waals surface area contributed by atoms with Gasteiger partial charge in [-0.3, -0.25) is 10.1 Å². The number of hydrogen-bond donors (Lipinski definition) is 2. The van der Waals surface area contributed by atoms with Gasteiger partial charge in [-0.25, -0.2) is 4.79 Å². The Morgan fingerprint density at radius 2 is 2.27 bits per heavy atom. The number of hydrogen-bond acceptors (Lipinski definition) is 3. The zero-order valence-electron chi connectivity index (χ0n) is 7.96. The first kappa shape index (κ1) is 11.6. The quantitative estimate of drug-likeness (QED) is 0.765. The molecule has 1 heterocycles. The standard InChI is InChI=1S/C9H11ClN2O3/c10-4-3-8(13)12-9(14)11-6-7-2-1-5-15-7/h1-2,5H,3-4,6H2,(H2,11,12,13,14). The van der Waals surface area contributed by atoms with Crippen molar-refractivity contribution >= 4 is 23.5 Å². The van der Waals surface area contributed by atoms with Crippen molar-refractivity contribution in [1.82, 2.24) is 10.6 Å². The Morgan fingerprint density at radius 3 is 2.87 bits per heavy atom. The van der Waals surface area contributed by atoms with E-state index >= 15 is 0 Å². The second kappa shape index (κ2) is 6.08. The number of halogens is 1. The van der Waals surface area contributed by atoms with Crippen LogP contribution in [0.1, 0.15) is 12.2 Å². The molecule has 0 aliphatic heterocycles. The van der Waals surface area contributed by atoms with Gasteiger partial charge in [0.15, 0.2) is 0 Å². The third-order valence-electron chi connectivity index (χ3n) is 1.58. The molecule has 1 rings (SSSR count). The van der Waals surface area contributed by atoms with Crippen LogP contribution < -0.4 is 10.6 Å². The van der Waals surface area contributed by atoms with E-state index in [-0.39, 0.29) is 18.8 Å². The number of furan rings is 1. The third kappa shape index (κ3) is 4.51. The van der Waals surface area contributed by atoms with Gasteiger partial charge in [-0.05, 0) is 12.1 Å². The average molecular weight is 231 g/mol. The van der Waals surface area contributed by atoms with Crippen LogP contribution in [0.5, 0.6) is 0 Å². The van der Waals surface area contributed by atoms with Crippen molar-refractivity contribution in [2.24, 2.45) is 0 Å². The van der Waals surface area contributed by atoms with Gasteiger partial charge < -0.3 is 9.73 Å². The van der Waals surface area contributed by atoms with Crippen LogP contribution in [0.2, 0.25) is 0 Å². The molecule has 1 aromatic rings. The van der Waals surface area contributed by atoms with Gasteiger partial charge in [-0.1, -0.05) is 0 Å². The van der Waals surface area contributed by atoms with Crippen molar-refractivity contribution in [2.75, 3.05) is 5.88 Å². The first-order valence-electron chi connectivity index (χ1n) is 4.38. The fourth-order valence-corrected chi connectivity index (χ4v) is 1.07. The highest BCUT2D eigenvalue weighted by Gasteiger charge is 2.06. The Hall–Kier alpha value is -1.49. The molecule has 0 atom stereocenters. The molecule has 0 aliphatic carbocycles. The minimum Gasteiger partial charge on any atom is -0.467 e.